The molecule has 0 aliphatic carbocycles. The van der Waals surface area contributed by atoms with Crippen LogP contribution in [0.3, 0.4) is 0 Å². The molecule has 0 aliphatic rings. The molecular weight excluding hydrogens is 380 g/mol. The number of benzene rings is 1. The monoisotopic (exact) mass is 387 g/mol. The van der Waals surface area contributed by atoms with E-state index in [0.717, 1.165) is 41.6 Å². The topological polar surface area (TPSA) is 30.7 Å². The lowest BCUT2D eigenvalue weighted by molar-refractivity contribution is -0.297. The Morgan fingerprint density at radius 2 is 1.64 bits per heavy atom. The Balaban J connectivity index is 2.55. The standard InChI is InChI=1S/C12H8BrF6N3/c13-10(5-22-7-20-6-21-22,11(15,16)12(17,18)19)8-1-3-9(14)4-2-8/h1-4,6-7H,5H2. The van der Waals surface area contributed by atoms with Crippen molar-refractivity contribution in [3.63, 3.8) is 0 Å². The Morgan fingerprint density at radius 3 is 2.09 bits per heavy atom. The van der Waals surface area contributed by atoms with Crippen LogP contribution in [0.2, 0.25) is 0 Å². The molecule has 1 aromatic carbocycles. The summed E-state index contributed by atoms with van der Waals surface area (Å²) in [5.74, 6) is -5.89. The van der Waals surface area contributed by atoms with E-state index in [2.05, 4.69) is 26.0 Å². The van der Waals surface area contributed by atoms with E-state index in [4.69, 9.17) is 0 Å². The van der Waals surface area contributed by atoms with Gasteiger partial charge in [-0.1, -0.05) is 28.1 Å². The molecule has 0 radical (unpaired) electrons. The van der Waals surface area contributed by atoms with E-state index in [9.17, 15) is 26.3 Å². The SMILES string of the molecule is Fc1ccc(C(Br)(Cn2cncn2)C(F)(F)C(F)(F)F)cc1. The third kappa shape index (κ3) is 2.83. The van der Waals surface area contributed by atoms with Crippen molar-refractivity contribution >= 4 is 15.9 Å². The summed E-state index contributed by atoms with van der Waals surface area (Å²) in [7, 11) is 0. The lowest BCUT2D eigenvalue weighted by Gasteiger charge is -2.36. The number of hydrogen-bond donors (Lipinski definition) is 0. The van der Waals surface area contributed by atoms with E-state index in [0.29, 0.717) is 0 Å². The summed E-state index contributed by atoms with van der Waals surface area (Å²) < 4.78 is 77.4. The van der Waals surface area contributed by atoms with Gasteiger partial charge in [0.25, 0.3) is 0 Å². The lowest BCUT2D eigenvalue weighted by Crippen LogP contribution is -2.53. The third-order valence-corrected chi connectivity index (χ3v) is 4.21. The maximum Gasteiger partial charge on any atom is 0.455 e. The molecule has 1 heterocycles. The van der Waals surface area contributed by atoms with Crippen LogP contribution in [-0.2, 0) is 10.9 Å². The summed E-state index contributed by atoms with van der Waals surface area (Å²) >= 11 is 2.52. The van der Waals surface area contributed by atoms with Gasteiger partial charge < -0.3 is 0 Å². The highest BCUT2D eigenvalue weighted by Crippen LogP contribution is 2.54. The van der Waals surface area contributed by atoms with Crippen molar-refractivity contribution in [2.75, 3.05) is 0 Å². The van der Waals surface area contributed by atoms with Crippen molar-refractivity contribution in [1.29, 1.82) is 0 Å². The second-order valence-electron chi connectivity index (χ2n) is 4.47. The van der Waals surface area contributed by atoms with Crippen molar-refractivity contribution in [2.45, 2.75) is 23.0 Å². The van der Waals surface area contributed by atoms with Crippen LogP contribution >= 0.6 is 15.9 Å². The second-order valence-corrected chi connectivity index (χ2v) is 5.83. The predicted octanol–water partition coefficient (Wildman–Crippen LogP) is 3.91. The molecular formula is C12H8BrF6N3. The highest BCUT2D eigenvalue weighted by molar-refractivity contribution is 9.09. The average molecular weight is 388 g/mol. The first-order valence-corrected chi connectivity index (χ1v) is 6.59. The van der Waals surface area contributed by atoms with Crippen LogP contribution < -0.4 is 0 Å². The van der Waals surface area contributed by atoms with Crippen molar-refractivity contribution in [2.24, 2.45) is 0 Å². The number of nitrogens with zero attached hydrogens (tertiary/aromatic N) is 3. The molecule has 1 atom stereocenters. The molecule has 10 heteroatoms. The maximum atomic E-state index is 14.0. The number of rotatable bonds is 4. The molecule has 3 nitrogen and oxygen atoms in total. The normalized spacial score (nSPS) is 15.6. The summed E-state index contributed by atoms with van der Waals surface area (Å²) in [6, 6.07) is 3.33. The average Bonchev–Trinajstić information content (AvgIpc) is 2.90. The fourth-order valence-corrected chi connectivity index (χ4v) is 2.59. The zero-order chi connectivity index (χ0) is 16.6. The molecule has 0 N–H and O–H groups in total. The Labute approximate surface area is 129 Å². The van der Waals surface area contributed by atoms with Gasteiger partial charge in [0.2, 0.25) is 0 Å². The van der Waals surface area contributed by atoms with Gasteiger partial charge in [-0.15, -0.1) is 0 Å². The minimum absolute atomic E-state index is 0.438. The maximum absolute atomic E-state index is 14.0. The van der Waals surface area contributed by atoms with E-state index in [1.165, 1.54) is 0 Å². The Kier molecular flexibility index (Phi) is 4.24. The van der Waals surface area contributed by atoms with Gasteiger partial charge in [0.05, 0.1) is 6.54 Å². The van der Waals surface area contributed by atoms with Gasteiger partial charge >= 0.3 is 12.1 Å². The summed E-state index contributed by atoms with van der Waals surface area (Å²) in [5, 5.41) is 3.54. The lowest BCUT2D eigenvalue weighted by atomic mass is 9.91. The van der Waals surface area contributed by atoms with E-state index < -0.39 is 34.3 Å². The quantitative estimate of drug-likeness (QED) is 0.588. The first kappa shape index (κ1) is 16.8. The summed E-state index contributed by atoms with van der Waals surface area (Å²) in [5.41, 5.74) is -0.438. The van der Waals surface area contributed by atoms with Crippen LogP contribution in [-0.4, -0.2) is 26.9 Å². The summed E-state index contributed by atoms with van der Waals surface area (Å²) in [4.78, 5) is 3.50. The van der Waals surface area contributed by atoms with Crippen molar-refractivity contribution < 1.29 is 26.3 Å². The largest absolute Gasteiger partial charge is 0.455 e. The highest BCUT2D eigenvalue weighted by atomic mass is 79.9. The van der Waals surface area contributed by atoms with E-state index in [1.54, 1.807) is 0 Å². The van der Waals surface area contributed by atoms with E-state index >= 15 is 0 Å². The molecule has 0 spiro atoms. The third-order valence-electron chi connectivity index (χ3n) is 3.00. The second kappa shape index (κ2) is 5.56. The number of halogens is 7. The van der Waals surface area contributed by atoms with Crippen molar-refractivity contribution in [3.8, 4) is 0 Å². The van der Waals surface area contributed by atoms with Crippen LogP contribution in [0, 0.1) is 5.82 Å². The molecule has 0 aliphatic heterocycles. The molecule has 0 saturated heterocycles. The van der Waals surface area contributed by atoms with Crippen LogP contribution in [0.4, 0.5) is 26.3 Å². The Bertz CT molecular complexity index is 625. The zero-order valence-corrected chi connectivity index (χ0v) is 12.2. The fourth-order valence-electron chi connectivity index (χ4n) is 1.85. The number of aromatic nitrogens is 3. The van der Waals surface area contributed by atoms with Gasteiger partial charge in [0.1, 0.15) is 22.8 Å². The molecule has 0 fully saturated rings. The van der Waals surface area contributed by atoms with Gasteiger partial charge in [0.15, 0.2) is 0 Å². The van der Waals surface area contributed by atoms with Crippen LogP contribution in [0.1, 0.15) is 5.56 Å². The first-order chi connectivity index (χ1) is 10.1. The van der Waals surface area contributed by atoms with Gasteiger partial charge in [-0.3, -0.25) is 4.68 Å². The summed E-state index contributed by atoms with van der Waals surface area (Å²) in [6.45, 7) is -0.856. The van der Waals surface area contributed by atoms with E-state index in [1.807, 2.05) is 0 Å². The fraction of sp³-hybridized carbons (Fsp3) is 0.333. The van der Waals surface area contributed by atoms with Crippen LogP contribution in [0.5, 0.6) is 0 Å². The van der Waals surface area contributed by atoms with Gasteiger partial charge in [0, 0.05) is 0 Å². The van der Waals surface area contributed by atoms with Gasteiger partial charge in [-0.05, 0) is 17.7 Å². The molecule has 1 aromatic heterocycles. The molecule has 0 saturated carbocycles. The molecule has 22 heavy (non-hydrogen) atoms. The molecule has 1 unspecified atom stereocenters. The number of hydrogen-bond acceptors (Lipinski definition) is 2. The van der Waals surface area contributed by atoms with Crippen LogP contribution in [0.15, 0.2) is 36.9 Å². The number of alkyl halides is 6. The summed E-state index contributed by atoms with van der Waals surface area (Å²) in [6.07, 6.45) is -3.80. The van der Waals surface area contributed by atoms with E-state index in [-0.39, 0.29) is 0 Å². The van der Waals surface area contributed by atoms with Gasteiger partial charge in [-0.25, -0.2) is 9.37 Å². The molecule has 120 valence electrons. The molecule has 2 aromatic rings. The minimum atomic E-state index is -5.81. The predicted molar refractivity (Wildman–Crippen MR) is 68.0 cm³/mol. The first-order valence-electron chi connectivity index (χ1n) is 5.80. The van der Waals surface area contributed by atoms with Crippen molar-refractivity contribution in [1.82, 2.24) is 14.8 Å². The Morgan fingerprint density at radius 1 is 1.05 bits per heavy atom. The molecule has 0 amide bonds. The van der Waals surface area contributed by atoms with Crippen molar-refractivity contribution in [3.05, 3.63) is 48.3 Å². The van der Waals surface area contributed by atoms with Crippen LogP contribution in [0.25, 0.3) is 0 Å². The Hall–Kier alpha value is -1.58. The minimum Gasteiger partial charge on any atom is -0.251 e. The zero-order valence-electron chi connectivity index (χ0n) is 10.7. The van der Waals surface area contributed by atoms with Gasteiger partial charge in [-0.2, -0.15) is 27.1 Å². The molecule has 0 bridgehead atoms. The molecule has 2 rings (SSSR count). The highest BCUT2D eigenvalue weighted by Gasteiger charge is 2.70. The smallest absolute Gasteiger partial charge is 0.251 e.